The molecule has 0 radical (unpaired) electrons. The fraction of sp³-hybridized carbons (Fsp3) is 0.0870. The van der Waals surface area contributed by atoms with E-state index in [1.165, 1.54) is 11.8 Å². The lowest BCUT2D eigenvalue weighted by Crippen LogP contribution is -2.32. The van der Waals surface area contributed by atoms with Crippen molar-refractivity contribution in [2.75, 3.05) is 10.6 Å². The highest BCUT2D eigenvalue weighted by molar-refractivity contribution is 8.01. The van der Waals surface area contributed by atoms with Crippen molar-refractivity contribution in [3.8, 4) is 5.69 Å². The van der Waals surface area contributed by atoms with Crippen LogP contribution >= 0.6 is 11.8 Å². The van der Waals surface area contributed by atoms with Crippen molar-refractivity contribution < 1.29 is 9.59 Å². The lowest BCUT2D eigenvalue weighted by Gasteiger charge is -2.23. The molecule has 2 heterocycles. The molecule has 2 N–H and O–H groups in total. The summed E-state index contributed by atoms with van der Waals surface area (Å²) in [6.45, 7) is 0. The summed E-state index contributed by atoms with van der Waals surface area (Å²) >= 11 is 1.41. The highest BCUT2D eigenvalue weighted by Gasteiger charge is 2.29. The molecule has 0 saturated carbocycles. The summed E-state index contributed by atoms with van der Waals surface area (Å²) in [5, 5.41) is 5.30. The summed E-state index contributed by atoms with van der Waals surface area (Å²) in [7, 11) is 0. The largest absolute Gasteiger partial charge is 0.324 e. The van der Waals surface area contributed by atoms with Gasteiger partial charge in [0.15, 0.2) is 0 Å². The van der Waals surface area contributed by atoms with Crippen molar-refractivity contribution in [1.29, 1.82) is 0 Å². The first kappa shape index (κ1) is 18.4. The van der Waals surface area contributed by atoms with Crippen LogP contribution in [0, 0.1) is 0 Å². The molecule has 0 bridgehead atoms. The van der Waals surface area contributed by atoms with Gasteiger partial charge >= 0.3 is 0 Å². The number of amides is 2. The number of para-hydroxylation sites is 4. The molecule has 0 saturated heterocycles. The molecule has 1 aromatic heterocycles. The number of carbonyl (C=O) groups is 2. The number of thioether (sulfide) groups is 1. The third-order valence-electron chi connectivity index (χ3n) is 4.90. The Balaban J connectivity index is 1.41. The SMILES string of the molecule is O=C(CC1Sc2ccccc2NC1=O)Nc1nc2ccccc2n1-c1ccccc1. The van der Waals surface area contributed by atoms with Gasteiger partial charge in [0.25, 0.3) is 0 Å². The predicted octanol–water partition coefficient (Wildman–Crippen LogP) is 4.47. The molecule has 2 amide bonds. The second-order valence-electron chi connectivity index (χ2n) is 6.94. The maximum absolute atomic E-state index is 12.8. The monoisotopic (exact) mass is 414 g/mol. The predicted molar refractivity (Wildman–Crippen MR) is 119 cm³/mol. The highest BCUT2D eigenvalue weighted by atomic mass is 32.2. The summed E-state index contributed by atoms with van der Waals surface area (Å²) in [5.74, 6) is 0.0222. The van der Waals surface area contributed by atoms with Gasteiger partial charge in [-0.2, -0.15) is 0 Å². The van der Waals surface area contributed by atoms with E-state index in [1.54, 1.807) is 0 Å². The van der Waals surface area contributed by atoms with Crippen molar-refractivity contribution >= 4 is 46.2 Å². The molecule has 1 unspecified atom stereocenters. The minimum Gasteiger partial charge on any atom is -0.324 e. The smallest absolute Gasteiger partial charge is 0.238 e. The van der Waals surface area contributed by atoms with Crippen molar-refractivity contribution in [1.82, 2.24) is 9.55 Å². The van der Waals surface area contributed by atoms with Gasteiger partial charge in [0.05, 0.1) is 22.0 Å². The van der Waals surface area contributed by atoms with Crippen LogP contribution in [-0.4, -0.2) is 26.6 Å². The summed E-state index contributed by atoms with van der Waals surface area (Å²) < 4.78 is 1.91. The number of carbonyl (C=O) groups excluding carboxylic acids is 2. The molecular weight excluding hydrogens is 396 g/mol. The van der Waals surface area contributed by atoms with Crippen LogP contribution in [0.1, 0.15) is 6.42 Å². The number of hydrogen-bond acceptors (Lipinski definition) is 4. The number of imidazole rings is 1. The number of aromatic nitrogens is 2. The molecule has 148 valence electrons. The van der Waals surface area contributed by atoms with Gasteiger partial charge in [-0.15, -0.1) is 11.8 Å². The van der Waals surface area contributed by atoms with Gasteiger partial charge in [0.2, 0.25) is 17.8 Å². The van der Waals surface area contributed by atoms with Gasteiger partial charge in [-0.3, -0.25) is 19.5 Å². The van der Waals surface area contributed by atoms with E-state index in [-0.39, 0.29) is 18.2 Å². The van der Waals surface area contributed by atoms with Gasteiger partial charge in [-0.1, -0.05) is 42.5 Å². The summed E-state index contributed by atoms with van der Waals surface area (Å²) in [6, 6.07) is 25.1. The lowest BCUT2D eigenvalue weighted by molar-refractivity contribution is -0.120. The number of benzene rings is 3. The third kappa shape index (κ3) is 3.44. The standard InChI is InChI=1S/C23H18N4O2S/c28-21(14-20-22(29)24-17-11-5-7-13-19(17)30-20)26-23-25-16-10-4-6-12-18(16)27(23)15-8-2-1-3-9-15/h1-13,20H,14H2,(H,24,29)(H,25,26,28). The number of nitrogens with zero attached hydrogens (tertiary/aromatic N) is 2. The minimum atomic E-state index is -0.491. The Morgan fingerprint density at radius 3 is 2.60 bits per heavy atom. The Hall–Kier alpha value is -3.58. The normalized spacial score (nSPS) is 15.5. The molecule has 1 aliphatic heterocycles. The number of anilines is 2. The van der Waals surface area contributed by atoms with Gasteiger partial charge in [-0.05, 0) is 36.4 Å². The Morgan fingerprint density at radius 1 is 1.00 bits per heavy atom. The zero-order chi connectivity index (χ0) is 20.5. The topological polar surface area (TPSA) is 76.0 Å². The number of hydrogen-bond donors (Lipinski definition) is 2. The van der Waals surface area contributed by atoms with Gasteiger partial charge in [0, 0.05) is 17.0 Å². The van der Waals surface area contributed by atoms with Crippen LogP contribution in [0.4, 0.5) is 11.6 Å². The molecule has 6 nitrogen and oxygen atoms in total. The zero-order valence-electron chi connectivity index (χ0n) is 15.9. The zero-order valence-corrected chi connectivity index (χ0v) is 16.7. The number of nitrogens with one attached hydrogen (secondary N) is 2. The first-order chi connectivity index (χ1) is 14.7. The average Bonchev–Trinajstić information content (AvgIpc) is 3.12. The molecule has 5 rings (SSSR count). The Bertz CT molecular complexity index is 1250. The molecule has 30 heavy (non-hydrogen) atoms. The molecule has 7 heteroatoms. The van der Waals surface area contributed by atoms with E-state index < -0.39 is 5.25 Å². The molecular formula is C23H18N4O2S. The van der Waals surface area contributed by atoms with E-state index in [2.05, 4.69) is 15.6 Å². The van der Waals surface area contributed by atoms with Crippen LogP contribution in [0.3, 0.4) is 0 Å². The maximum atomic E-state index is 12.8. The molecule has 3 aromatic carbocycles. The van der Waals surface area contributed by atoms with Crippen molar-refractivity contribution in [2.24, 2.45) is 0 Å². The molecule has 0 aliphatic carbocycles. The van der Waals surface area contributed by atoms with Crippen LogP contribution < -0.4 is 10.6 Å². The van der Waals surface area contributed by atoms with E-state index >= 15 is 0 Å². The highest BCUT2D eigenvalue weighted by Crippen LogP contribution is 2.36. The quantitative estimate of drug-likeness (QED) is 0.517. The molecule has 4 aromatic rings. The molecule has 1 aliphatic rings. The fourth-order valence-electron chi connectivity index (χ4n) is 3.52. The second kappa shape index (κ2) is 7.68. The van der Waals surface area contributed by atoms with Crippen LogP contribution in [0.2, 0.25) is 0 Å². The van der Waals surface area contributed by atoms with E-state index in [1.807, 2.05) is 83.4 Å². The van der Waals surface area contributed by atoms with Crippen LogP contribution in [0.15, 0.2) is 83.8 Å². The third-order valence-corrected chi connectivity index (χ3v) is 6.18. The summed E-state index contributed by atoms with van der Waals surface area (Å²) in [4.78, 5) is 30.8. The van der Waals surface area contributed by atoms with Crippen molar-refractivity contribution in [3.63, 3.8) is 0 Å². The maximum Gasteiger partial charge on any atom is 0.238 e. The number of fused-ring (bicyclic) bond motifs is 2. The van der Waals surface area contributed by atoms with E-state index in [9.17, 15) is 9.59 Å². The Kier molecular flexibility index (Phi) is 4.72. The molecule has 0 spiro atoms. The van der Waals surface area contributed by atoms with Crippen molar-refractivity contribution in [2.45, 2.75) is 16.6 Å². The Morgan fingerprint density at radius 2 is 1.73 bits per heavy atom. The van der Waals surface area contributed by atoms with Crippen molar-refractivity contribution in [3.05, 3.63) is 78.9 Å². The molecule has 1 atom stereocenters. The fourth-order valence-corrected chi connectivity index (χ4v) is 4.63. The van der Waals surface area contributed by atoms with Crippen LogP contribution in [0.25, 0.3) is 16.7 Å². The van der Waals surface area contributed by atoms with E-state index in [0.29, 0.717) is 5.95 Å². The van der Waals surface area contributed by atoms with Crippen LogP contribution in [0.5, 0.6) is 0 Å². The summed E-state index contributed by atoms with van der Waals surface area (Å²) in [6.07, 6.45) is 0.0584. The first-order valence-electron chi connectivity index (χ1n) is 9.58. The van der Waals surface area contributed by atoms with Gasteiger partial charge in [0.1, 0.15) is 0 Å². The summed E-state index contributed by atoms with van der Waals surface area (Å²) in [5.41, 5.74) is 3.38. The van der Waals surface area contributed by atoms with Crippen LogP contribution in [-0.2, 0) is 9.59 Å². The van der Waals surface area contributed by atoms with E-state index in [0.717, 1.165) is 27.3 Å². The van der Waals surface area contributed by atoms with Gasteiger partial charge < -0.3 is 5.32 Å². The minimum absolute atomic E-state index is 0.0584. The Labute approximate surface area is 177 Å². The lowest BCUT2D eigenvalue weighted by atomic mass is 10.2. The van der Waals surface area contributed by atoms with E-state index in [4.69, 9.17) is 0 Å². The second-order valence-corrected chi connectivity index (χ2v) is 8.18. The average molecular weight is 414 g/mol. The first-order valence-corrected chi connectivity index (χ1v) is 10.5. The molecule has 0 fully saturated rings. The number of rotatable bonds is 4. The van der Waals surface area contributed by atoms with Gasteiger partial charge in [-0.25, -0.2) is 4.98 Å².